The highest BCUT2D eigenvalue weighted by atomic mass is 35.5. The maximum absolute atomic E-state index is 6.23. The lowest BCUT2D eigenvalue weighted by Gasteiger charge is -2.15. The summed E-state index contributed by atoms with van der Waals surface area (Å²) in [6.45, 7) is 2.00. The summed E-state index contributed by atoms with van der Waals surface area (Å²) in [5.41, 5.74) is 9.47. The van der Waals surface area contributed by atoms with E-state index in [-0.39, 0.29) is 6.04 Å². The summed E-state index contributed by atoms with van der Waals surface area (Å²) in [7, 11) is 0. The Bertz CT molecular complexity index is 479. The van der Waals surface area contributed by atoms with Crippen molar-refractivity contribution in [1.29, 1.82) is 0 Å². The topological polar surface area (TPSA) is 26.0 Å². The molecule has 0 amide bonds. The Balaban J connectivity index is 2.42. The number of benzene rings is 2. The highest BCUT2D eigenvalue weighted by Gasteiger charge is 2.12. The van der Waals surface area contributed by atoms with Crippen LogP contribution in [-0.2, 0) is 0 Å². The minimum atomic E-state index is -0.111. The molecule has 0 spiro atoms. The molecule has 1 atom stereocenters. The fraction of sp³-hybridized carbons (Fsp3) is 0.143. The molecule has 0 saturated heterocycles. The third-order valence-corrected chi connectivity index (χ3v) is 3.21. The normalized spacial score (nSPS) is 12.4. The highest BCUT2D eigenvalue weighted by molar-refractivity contribution is 6.31. The number of hydrogen-bond acceptors (Lipinski definition) is 1. The summed E-state index contributed by atoms with van der Waals surface area (Å²) in [4.78, 5) is 0. The van der Waals surface area contributed by atoms with Gasteiger partial charge in [0, 0.05) is 5.02 Å². The van der Waals surface area contributed by atoms with Crippen LogP contribution in [0, 0.1) is 6.92 Å². The van der Waals surface area contributed by atoms with Crippen LogP contribution in [0.4, 0.5) is 0 Å². The van der Waals surface area contributed by atoms with Crippen molar-refractivity contribution in [3.63, 3.8) is 0 Å². The van der Waals surface area contributed by atoms with E-state index < -0.39 is 0 Å². The highest BCUT2D eigenvalue weighted by Crippen LogP contribution is 2.26. The van der Waals surface area contributed by atoms with Crippen molar-refractivity contribution in [2.45, 2.75) is 13.0 Å². The minimum absolute atomic E-state index is 0.111. The van der Waals surface area contributed by atoms with Gasteiger partial charge in [0.2, 0.25) is 0 Å². The molecule has 0 fully saturated rings. The molecule has 2 aromatic rings. The van der Waals surface area contributed by atoms with Crippen LogP contribution in [0.3, 0.4) is 0 Å². The number of rotatable bonds is 2. The van der Waals surface area contributed by atoms with Crippen molar-refractivity contribution in [2.24, 2.45) is 5.73 Å². The van der Waals surface area contributed by atoms with Crippen LogP contribution in [0.5, 0.6) is 0 Å². The Morgan fingerprint density at radius 3 is 2.38 bits per heavy atom. The van der Waals surface area contributed by atoms with E-state index in [1.807, 2.05) is 55.5 Å². The van der Waals surface area contributed by atoms with Crippen molar-refractivity contribution in [3.05, 3.63) is 70.2 Å². The molecule has 2 aromatic carbocycles. The first-order valence-corrected chi connectivity index (χ1v) is 5.63. The first-order chi connectivity index (χ1) is 7.70. The summed E-state index contributed by atoms with van der Waals surface area (Å²) in [5, 5.41) is 0.767. The van der Waals surface area contributed by atoms with Crippen LogP contribution in [0.15, 0.2) is 48.5 Å². The fourth-order valence-corrected chi connectivity index (χ4v) is 1.98. The molecule has 0 radical (unpaired) electrons. The van der Waals surface area contributed by atoms with E-state index in [0.717, 1.165) is 21.7 Å². The van der Waals surface area contributed by atoms with Crippen molar-refractivity contribution in [3.8, 4) is 0 Å². The zero-order valence-electron chi connectivity index (χ0n) is 9.15. The van der Waals surface area contributed by atoms with Crippen LogP contribution in [-0.4, -0.2) is 0 Å². The third-order valence-electron chi connectivity index (χ3n) is 2.80. The Kier molecular flexibility index (Phi) is 3.28. The lowest BCUT2D eigenvalue weighted by atomic mass is 9.96. The maximum Gasteiger partial charge on any atom is 0.0554 e. The number of hydrogen-bond donors (Lipinski definition) is 1. The van der Waals surface area contributed by atoms with E-state index in [1.165, 1.54) is 0 Å². The van der Waals surface area contributed by atoms with Gasteiger partial charge < -0.3 is 5.73 Å². The van der Waals surface area contributed by atoms with Gasteiger partial charge in [0.05, 0.1) is 6.04 Å². The maximum atomic E-state index is 6.23. The van der Waals surface area contributed by atoms with Crippen molar-refractivity contribution in [1.82, 2.24) is 0 Å². The van der Waals surface area contributed by atoms with Crippen LogP contribution in [0.25, 0.3) is 0 Å². The van der Waals surface area contributed by atoms with E-state index in [2.05, 4.69) is 0 Å². The second-order valence-corrected chi connectivity index (χ2v) is 4.25. The van der Waals surface area contributed by atoms with Gasteiger partial charge in [-0.1, -0.05) is 54.1 Å². The monoisotopic (exact) mass is 231 g/mol. The molecule has 0 aliphatic heterocycles. The van der Waals surface area contributed by atoms with Crippen LogP contribution < -0.4 is 5.73 Å². The van der Waals surface area contributed by atoms with Gasteiger partial charge in [0.25, 0.3) is 0 Å². The van der Waals surface area contributed by atoms with Crippen LogP contribution in [0.1, 0.15) is 22.7 Å². The lowest BCUT2D eigenvalue weighted by molar-refractivity contribution is 0.862. The smallest absolute Gasteiger partial charge is 0.0554 e. The molecule has 0 saturated carbocycles. The molecule has 2 rings (SSSR count). The standard InChI is InChI=1S/C14H14ClN/c1-10-12(8-5-9-13(10)15)14(16)11-6-3-2-4-7-11/h2-9,14H,16H2,1H3. The van der Waals surface area contributed by atoms with E-state index in [9.17, 15) is 0 Å². The predicted octanol–water partition coefficient (Wildman–Crippen LogP) is 3.70. The average Bonchev–Trinajstić information content (AvgIpc) is 2.33. The van der Waals surface area contributed by atoms with Gasteiger partial charge in [0.15, 0.2) is 0 Å². The Hall–Kier alpha value is -1.31. The minimum Gasteiger partial charge on any atom is -0.320 e. The predicted molar refractivity (Wildman–Crippen MR) is 68.7 cm³/mol. The molecule has 0 aliphatic rings. The molecule has 16 heavy (non-hydrogen) atoms. The van der Waals surface area contributed by atoms with E-state index in [0.29, 0.717) is 0 Å². The van der Waals surface area contributed by atoms with Crippen LogP contribution >= 0.6 is 11.6 Å². The Morgan fingerprint density at radius 2 is 1.69 bits per heavy atom. The van der Waals surface area contributed by atoms with Gasteiger partial charge in [-0.2, -0.15) is 0 Å². The molecular weight excluding hydrogens is 218 g/mol. The summed E-state index contributed by atoms with van der Waals surface area (Å²) < 4.78 is 0. The quantitative estimate of drug-likeness (QED) is 0.838. The van der Waals surface area contributed by atoms with Gasteiger partial charge in [-0.3, -0.25) is 0 Å². The Labute approximate surface area is 101 Å². The molecule has 1 unspecified atom stereocenters. The van der Waals surface area contributed by atoms with Gasteiger partial charge in [-0.05, 0) is 29.7 Å². The SMILES string of the molecule is Cc1c(Cl)cccc1C(N)c1ccccc1. The molecule has 0 heterocycles. The van der Waals surface area contributed by atoms with Crippen molar-refractivity contribution in [2.75, 3.05) is 0 Å². The summed E-state index contributed by atoms with van der Waals surface area (Å²) in [5.74, 6) is 0. The van der Waals surface area contributed by atoms with Crippen molar-refractivity contribution >= 4 is 11.6 Å². The molecular formula is C14H14ClN. The largest absolute Gasteiger partial charge is 0.320 e. The first kappa shape index (κ1) is 11.2. The molecule has 1 nitrogen and oxygen atoms in total. The number of halogens is 1. The summed E-state index contributed by atoms with van der Waals surface area (Å²) in [6.07, 6.45) is 0. The molecule has 82 valence electrons. The summed E-state index contributed by atoms with van der Waals surface area (Å²) in [6, 6.07) is 15.8. The average molecular weight is 232 g/mol. The van der Waals surface area contributed by atoms with Gasteiger partial charge in [0.1, 0.15) is 0 Å². The zero-order valence-corrected chi connectivity index (χ0v) is 9.91. The zero-order chi connectivity index (χ0) is 11.5. The van der Waals surface area contributed by atoms with Crippen molar-refractivity contribution < 1.29 is 0 Å². The molecule has 0 aliphatic carbocycles. The fourth-order valence-electron chi connectivity index (χ4n) is 1.80. The molecule has 0 aromatic heterocycles. The van der Waals surface area contributed by atoms with Gasteiger partial charge in [-0.25, -0.2) is 0 Å². The third kappa shape index (κ3) is 2.11. The van der Waals surface area contributed by atoms with E-state index in [1.54, 1.807) is 0 Å². The number of nitrogens with two attached hydrogens (primary N) is 1. The first-order valence-electron chi connectivity index (χ1n) is 5.25. The molecule has 0 bridgehead atoms. The van der Waals surface area contributed by atoms with E-state index >= 15 is 0 Å². The van der Waals surface area contributed by atoms with Gasteiger partial charge in [-0.15, -0.1) is 0 Å². The second kappa shape index (κ2) is 4.69. The van der Waals surface area contributed by atoms with Crippen LogP contribution in [0.2, 0.25) is 5.02 Å². The van der Waals surface area contributed by atoms with Gasteiger partial charge >= 0.3 is 0 Å². The second-order valence-electron chi connectivity index (χ2n) is 3.84. The summed E-state index contributed by atoms with van der Waals surface area (Å²) >= 11 is 6.09. The molecule has 2 heteroatoms. The molecule has 2 N–H and O–H groups in total. The lowest BCUT2D eigenvalue weighted by Crippen LogP contribution is -2.13. The Morgan fingerprint density at radius 1 is 1.00 bits per heavy atom. The van der Waals surface area contributed by atoms with E-state index in [4.69, 9.17) is 17.3 Å².